The number of ether oxygens (including phenoxy) is 1. The molecule has 3 nitrogen and oxygen atoms in total. The smallest absolute Gasteiger partial charge is 0.292 e. The zero-order valence-electron chi connectivity index (χ0n) is 10.9. The Hall–Kier alpha value is -1.77. The second-order valence-corrected chi connectivity index (χ2v) is 4.34. The summed E-state index contributed by atoms with van der Waals surface area (Å²) in [6, 6.07) is 11.1. The number of hydrogen-bond acceptors (Lipinski definition) is 2. The third-order valence-electron chi connectivity index (χ3n) is 2.99. The SMILES string of the molecule is C=CC1COC(=NCCCC)N1c1ccccc1. The molecular weight excluding hydrogens is 224 g/mol. The van der Waals surface area contributed by atoms with Crippen LogP contribution in [-0.4, -0.2) is 25.2 Å². The van der Waals surface area contributed by atoms with Crippen molar-refractivity contribution in [3.05, 3.63) is 43.0 Å². The second kappa shape index (κ2) is 6.24. The molecule has 1 unspecified atom stereocenters. The monoisotopic (exact) mass is 244 g/mol. The van der Waals surface area contributed by atoms with Crippen molar-refractivity contribution in [1.29, 1.82) is 0 Å². The first-order chi connectivity index (χ1) is 8.86. The Labute approximate surface area is 109 Å². The molecule has 0 bridgehead atoms. The fourth-order valence-electron chi connectivity index (χ4n) is 1.96. The van der Waals surface area contributed by atoms with Gasteiger partial charge in [0.25, 0.3) is 6.02 Å². The number of unbranched alkanes of at least 4 members (excludes halogenated alkanes) is 1. The Balaban J connectivity index is 2.20. The van der Waals surface area contributed by atoms with Gasteiger partial charge in [-0.2, -0.15) is 0 Å². The van der Waals surface area contributed by atoms with E-state index in [1.807, 2.05) is 24.3 Å². The fraction of sp³-hybridized carbons (Fsp3) is 0.400. The molecule has 96 valence electrons. The average molecular weight is 244 g/mol. The van der Waals surface area contributed by atoms with Crippen LogP contribution in [0.1, 0.15) is 19.8 Å². The van der Waals surface area contributed by atoms with E-state index < -0.39 is 0 Å². The number of aliphatic imine (C=N–C) groups is 1. The summed E-state index contributed by atoms with van der Waals surface area (Å²) in [5.41, 5.74) is 1.11. The molecule has 0 amide bonds. The Kier molecular flexibility index (Phi) is 4.40. The first-order valence-corrected chi connectivity index (χ1v) is 6.51. The highest BCUT2D eigenvalue weighted by atomic mass is 16.5. The van der Waals surface area contributed by atoms with Crippen molar-refractivity contribution >= 4 is 11.7 Å². The first-order valence-electron chi connectivity index (χ1n) is 6.51. The zero-order chi connectivity index (χ0) is 12.8. The Morgan fingerprint density at radius 1 is 1.44 bits per heavy atom. The summed E-state index contributed by atoms with van der Waals surface area (Å²) in [5, 5.41) is 0. The largest absolute Gasteiger partial charge is 0.462 e. The number of para-hydroxylation sites is 1. The van der Waals surface area contributed by atoms with Gasteiger partial charge in [-0.05, 0) is 18.6 Å². The van der Waals surface area contributed by atoms with Crippen LogP contribution >= 0.6 is 0 Å². The molecule has 0 aliphatic carbocycles. The molecule has 2 rings (SSSR count). The number of amidine groups is 1. The van der Waals surface area contributed by atoms with Gasteiger partial charge in [0.1, 0.15) is 6.61 Å². The highest BCUT2D eigenvalue weighted by Gasteiger charge is 2.30. The predicted octanol–water partition coefficient (Wildman–Crippen LogP) is 3.23. The van der Waals surface area contributed by atoms with Gasteiger partial charge in [0, 0.05) is 12.2 Å². The molecule has 1 aromatic carbocycles. The molecule has 1 heterocycles. The highest BCUT2D eigenvalue weighted by molar-refractivity contribution is 5.94. The lowest BCUT2D eigenvalue weighted by Crippen LogP contribution is -2.32. The van der Waals surface area contributed by atoms with Gasteiger partial charge in [-0.1, -0.05) is 37.6 Å². The van der Waals surface area contributed by atoms with Gasteiger partial charge in [-0.15, -0.1) is 6.58 Å². The van der Waals surface area contributed by atoms with E-state index in [1.165, 1.54) is 0 Å². The van der Waals surface area contributed by atoms with E-state index >= 15 is 0 Å². The third-order valence-corrected chi connectivity index (χ3v) is 2.99. The Morgan fingerprint density at radius 3 is 2.89 bits per heavy atom. The molecule has 1 aromatic rings. The van der Waals surface area contributed by atoms with Crippen molar-refractivity contribution in [2.24, 2.45) is 4.99 Å². The van der Waals surface area contributed by atoms with Crippen LogP contribution in [0.5, 0.6) is 0 Å². The van der Waals surface area contributed by atoms with Gasteiger partial charge in [-0.25, -0.2) is 4.99 Å². The number of anilines is 1. The van der Waals surface area contributed by atoms with Crippen molar-refractivity contribution in [3.8, 4) is 0 Å². The molecule has 0 radical (unpaired) electrons. The van der Waals surface area contributed by atoms with E-state index in [2.05, 4.69) is 35.5 Å². The molecule has 18 heavy (non-hydrogen) atoms. The molecule has 0 saturated carbocycles. The summed E-state index contributed by atoms with van der Waals surface area (Å²) in [6.45, 7) is 7.48. The van der Waals surface area contributed by atoms with E-state index in [0.717, 1.165) is 31.1 Å². The maximum absolute atomic E-state index is 5.67. The summed E-state index contributed by atoms with van der Waals surface area (Å²) < 4.78 is 5.67. The van der Waals surface area contributed by atoms with E-state index in [1.54, 1.807) is 0 Å². The molecule has 1 saturated heterocycles. The van der Waals surface area contributed by atoms with Crippen LogP contribution < -0.4 is 4.90 Å². The minimum Gasteiger partial charge on any atom is -0.462 e. The molecule has 3 heteroatoms. The molecule has 0 N–H and O–H groups in total. The lowest BCUT2D eigenvalue weighted by Gasteiger charge is -2.21. The maximum Gasteiger partial charge on any atom is 0.292 e. The van der Waals surface area contributed by atoms with Gasteiger partial charge in [0.05, 0.1) is 6.04 Å². The van der Waals surface area contributed by atoms with Crippen LogP contribution in [0.25, 0.3) is 0 Å². The number of rotatable bonds is 5. The van der Waals surface area contributed by atoms with Crippen LogP contribution in [0, 0.1) is 0 Å². The fourth-order valence-corrected chi connectivity index (χ4v) is 1.96. The minimum absolute atomic E-state index is 0.174. The highest BCUT2D eigenvalue weighted by Crippen LogP contribution is 2.23. The van der Waals surface area contributed by atoms with Crippen LogP contribution in [-0.2, 0) is 4.74 Å². The number of benzene rings is 1. The third kappa shape index (κ3) is 2.73. The predicted molar refractivity (Wildman–Crippen MR) is 76.1 cm³/mol. The summed E-state index contributed by atoms with van der Waals surface area (Å²) in [4.78, 5) is 6.66. The summed E-state index contributed by atoms with van der Waals surface area (Å²) in [7, 11) is 0. The van der Waals surface area contributed by atoms with Crippen molar-refractivity contribution < 1.29 is 4.74 Å². The van der Waals surface area contributed by atoms with Gasteiger partial charge < -0.3 is 4.74 Å². The van der Waals surface area contributed by atoms with Crippen molar-refractivity contribution in [2.45, 2.75) is 25.8 Å². The molecule has 1 aliphatic heterocycles. The van der Waals surface area contributed by atoms with E-state index in [9.17, 15) is 0 Å². The van der Waals surface area contributed by atoms with E-state index in [0.29, 0.717) is 6.61 Å². The molecule has 1 fully saturated rings. The van der Waals surface area contributed by atoms with Crippen molar-refractivity contribution in [1.82, 2.24) is 0 Å². The Morgan fingerprint density at radius 2 is 2.22 bits per heavy atom. The lowest BCUT2D eigenvalue weighted by molar-refractivity contribution is 0.337. The molecule has 0 aromatic heterocycles. The van der Waals surface area contributed by atoms with Crippen LogP contribution in [0.3, 0.4) is 0 Å². The van der Waals surface area contributed by atoms with Gasteiger partial charge in [0.2, 0.25) is 0 Å². The second-order valence-electron chi connectivity index (χ2n) is 4.34. The zero-order valence-corrected chi connectivity index (χ0v) is 10.9. The molecule has 1 aliphatic rings. The van der Waals surface area contributed by atoms with Crippen molar-refractivity contribution in [2.75, 3.05) is 18.1 Å². The van der Waals surface area contributed by atoms with E-state index in [4.69, 9.17) is 4.74 Å². The number of nitrogens with zero attached hydrogens (tertiary/aromatic N) is 2. The summed E-state index contributed by atoms with van der Waals surface area (Å²) >= 11 is 0. The Bertz CT molecular complexity index is 414. The van der Waals surface area contributed by atoms with Crippen LogP contribution in [0.4, 0.5) is 5.69 Å². The van der Waals surface area contributed by atoms with Gasteiger partial charge in [-0.3, -0.25) is 4.90 Å². The summed E-state index contributed by atoms with van der Waals surface area (Å²) in [5.74, 6) is 0. The van der Waals surface area contributed by atoms with E-state index in [-0.39, 0.29) is 6.04 Å². The molecular formula is C15H20N2O. The average Bonchev–Trinajstić information content (AvgIpc) is 2.83. The molecule has 0 spiro atoms. The number of hydrogen-bond donors (Lipinski definition) is 0. The molecule has 1 atom stereocenters. The van der Waals surface area contributed by atoms with Gasteiger partial charge in [0.15, 0.2) is 0 Å². The summed E-state index contributed by atoms with van der Waals surface area (Å²) in [6.07, 6.45) is 4.15. The first kappa shape index (κ1) is 12.7. The maximum atomic E-state index is 5.67. The van der Waals surface area contributed by atoms with Crippen LogP contribution in [0.2, 0.25) is 0 Å². The topological polar surface area (TPSA) is 24.8 Å². The quantitative estimate of drug-likeness (QED) is 0.587. The normalized spacial score (nSPS) is 21.1. The standard InChI is InChI=1S/C15H20N2O/c1-3-5-11-16-15-17(13(4-2)12-18-15)14-9-7-6-8-10-14/h4,6-10,13H,2-3,5,11-12H2,1H3. The lowest BCUT2D eigenvalue weighted by atomic mass is 10.2. The van der Waals surface area contributed by atoms with Crippen molar-refractivity contribution in [3.63, 3.8) is 0 Å². The minimum atomic E-state index is 0.174. The van der Waals surface area contributed by atoms with Gasteiger partial charge >= 0.3 is 0 Å². The van der Waals surface area contributed by atoms with Crippen LogP contribution in [0.15, 0.2) is 48.0 Å².